The molecule has 0 bridgehead atoms. The minimum atomic E-state index is -0.703. The van der Waals surface area contributed by atoms with E-state index in [9.17, 15) is 19.2 Å². The van der Waals surface area contributed by atoms with E-state index in [4.69, 9.17) is 18.9 Å². The summed E-state index contributed by atoms with van der Waals surface area (Å²) in [5.74, 6) is 0. The maximum absolute atomic E-state index is 10.2. The van der Waals surface area contributed by atoms with Crippen LogP contribution < -0.4 is 21.3 Å². The van der Waals surface area contributed by atoms with Gasteiger partial charge in [0.2, 0.25) is 0 Å². The van der Waals surface area contributed by atoms with E-state index < -0.39 is 5.41 Å². The summed E-state index contributed by atoms with van der Waals surface area (Å²) in [6.07, 6.45) is 6.23. The van der Waals surface area contributed by atoms with Gasteiger partial charge in [0.25, 0.3) is 0 Å². The fourth-order valence-electron chi connectivity index (χ4n) is 2.10. The first-order chi connectivity index (χ1) is 14.2. The quantitative estimate of drug-likeness (QED) is 0.0520. The van der Waals surface area contributed by atoms with Crippen LogP contribution in [-0.2, 0) is 169 Å². The number of nitrogens with one attached hydrogen (secondary N) is 4. The number of rotatable bonds is 24. The van der Waals surface area contributed by atoms with Crippen molar-refractivity contribution in [2.75, 3.05) is 79.0 Å². The van der Waals surface area contributed by atoms with Crippen LogP contribution in [-0.4, -0.2) is 105 Å². The van der Waals surface area contributed by atoms with Crippen molar-refractivity contribution in [3.63, 3.8) is 0 Å². The van der Waals surface area contributed by atoms with Crippen molar-refractivity contribution >= 4 is 25.6 Å². The summed E-state index contributed by atoms with van der Waals surface area (Å²) < 4.78 is 22.5. The fraction of sp³-hybridized carbons (Fsp3) is 0.619. The summed E-state index contributed by atoms with van der Waals surface area (Å²) in [6, 6.07) is 0. The summed E-state index contributed by atoms with van der Waals surface area (Å²) in [6.45, 7) is 2.95. The van der Waals surface area contributed by atoms with Gasteiger partial charge in [-0.1, -0.05) is 0 Å². The molecule has 0 saturated carbocycles. The van der Waals surface area contributed by atoms with Crippen molar-refractivity contribution in [1.82, 2.24) is 21.3 Å². The molecule has 0 atom stereocenters. The summed E-state index contributed by atoms with van der Waals surface area (Å²) in [7, 11) is 0. The second-order valence-corrected chi connectivity index (χ2v) is 5.83. The minimum absolute atomic E-state index is 0. The van der Waals surface area contributed by atoms with Crippen LogP contribution in [0.15, 0.2) is 0 Å². The largest absolute Gasteiger partial charge is 0.528 e. The van der Waals surface area contributed by atoms with Gasteiger partial charge >= 0.3 is 0 Å². The SMILES string of the molecule is O=[C-]NCCOCC(COCCN[C-]=O)(COCCN[C-]=O)COCCN[C-]=O.[CH3-].[CH3-].[CH3-].[CH3-].[Y].[Y].[Y].[Y]. The standard InChI is InChI=1S/C17H28N4O8.4CH3.4Y/c22-13-18-1-5-26-9-17(10-27-6-2-19-14-23,11-28-7-3-20-15-24)12-29-8-4-21-16-25;;;;;;;;/h1-12H2,(H,18,22)(H,19,23)(H,20,24)(H,21,25);4*1H3;;;;/q-4;4*-1;;;;. The van der Waals surface area contributed by atoms with Crippen LogP contribution in [0.25, 0.3) is 0 Å². The first-order valence-corrected chi connectivity index (χ1v) is 8.95. The molecule has 4 N–H and O–H groups in total. The van der Waals surface area contributed by atoms with Crippen molar-refractivity contribution in [3.8, 4) is 0 Å². The molecule has 0 spiro atoms. The van der Waals surface area contributed by atoms with Gasteiger partial charge < -0.3 is 89.1 Å². The first kappa shape index (κ1) is 62.7. The number of amides is 4. The van der Waals surface area contributed by atoms with Gasteiger partial charge in [0, 0.05) is 157 Å². The zero-order chi connectivity index (χ0) is 21.5. The van der Waals surface area contributed by atoms with Crippen molar-refractivity contribution in [3.05, 3.63) is 29.7 Å². The molecular formula is C21H40N4O8Y4-8. The Hall–Kier alpha value is 2.14. The molecule has 16 heteroatoms. The third-order valence-electron chi connectivity index (χ3n) is 3.41. The molecule has 212 valence electrons. The zero-order valence-corrected chi connectivity index (χ0v) is 33.9. The van der Waals surface area contributed by atoms with Gasteiger partial charge in [0.05, 0.1) is 58.3 Å². The van der Waals surface area contributed by atoms with Crippen LogP contribution in [0.2, 0.25) is 0 Å². The van der Waals surface area contributed by atoms with E-state index in [2.05, 4.69) is 21.3 Å². The van der Waals surface area contributed by atoms with Gasteiger partial charge in [-0.3, -0.25) is 0 Å². The number of carbonyl (C=O) groups excluding carboxylic acids is 4. The van der Waals surface area contributed by atoms with E-state index in [0.717, 1.165) is 0 Å². The van der Waals surface area contributed by atoms with Gasteiger partial charge in [-0.2, -0.15) is 25.6 Å². The van der Waals surface area contributed by atoms with Crippen LogP contribution >= 0.6 is 0 Å². The van der Waals surface area contributed by atoms with E-state index in [1.807, 2.05) is 0 Å². The van der Waals surface area contributed by atoms with Crippen LogP contribution in [0.3, 0.4) is 0 Å². The molecule has 0 aromatic carbocycles. The van der Waals surface area contributed by atoms with Crippen molar-refractivity contribution < 1.29 is 169 Å². The maximum Gasteiger partial charge on any atom is 0.0638 e. The molecule has 0 aliphatic heterocycles. The average Bonchev–Trinajstić information content (AvgIpc) is 2.73. The summed E-state index contributed by atoms with van der Waals surface area (Å²) in [5.41, 5.74) is -0.703. The predicted molar refractivity (Wildman–Crippen MR) is 126 cm³/mol. The molecule has 0 rings (SSSR count). The fourth-order valence-corrected chi connectivity index (χ4v) is 2.10. The Morgan fingerprint density at radius 3 is 0.784 bits per heavy atom. The zero-order valence-electron chi connectivity index (χ0n) is 22.6. The molecule has 4 amide bonds. The Morgan fingerprint density at radius 2 is 0.622 bits per heavy atom. The topological polar surface area (TPSA) is 153 Å². The minimum Gasteiger partial charge on any atom is -0.528 e. The number of ether oxygens (including phenoxy) is 4. The van der Waals surface area contributed by atoms with E-state index in [1.165, 1.54) is 0 Å². The summed E-state index contributed by atoms with van der Waals surface area (Å²) in [5, 5.41) is 9.50. The Morgan fingerprint density at radius 1 is 0.432 bits per heavy atom. The third kappa shape index (κ3) is 42.7. The van der Waals surface area contributed by atoms with Crippen LogP contribution in [0.4, 0.5) is 0 Å². The summed E-state index contributed by atoms with van der Waals surface area (Å²) >= 11 is 0. The smallest absolute Gasteiger partial charge is 0.0638 e. The van der Waals surface area contributed by atoms with Gasteiger partial charge in [-0.25, -0.2) is 0 Å². The third-order valence-corrected chi connectivity index (χ3v) is 3.41. The Bertz CT molecular complexity index is 372. The molecule has 37 heavy (non-hydrogen) atoms. The normalized spacial score (nSPS) is 8.43. The Labute approximate surface area is 325 Å². The van der Waals surface area contributed by atoms with E-state index in [1.54, 1.807) is 25.6 Å². The molecule has 0 aromatic heterocycles. The number of hydrogen-bond donors (Lipinski definition) is 4. The molecule has 0 unspecified atom stereocenters. The van der Waals surface area contributed by atoms with Gasteiger partial charge in [-0.05, 0) is 0 Å². The first-order valence-electron chi connectivity index (χ1n) is 8.95. The molecule has 0 aliphatic rings. The molecule has 12 nitrogen and oxygen atoms in total. The number of hydrogen-bond acceptors (Lipinski definition) is 8. The molecule has 0 heterocycles. The van der Waals surface area contributed by atoms with Crippen molar-refractivity contribution in [2.45, 2.75) is 0 Å². The molecule has 0 aliphatic carbocycles. The van der Waals surface area contributed by atoms with Crippen molar-refractivity contribution in [2.24, 2.45) is 5.41 Å². The predicted octanol–water partition coefficient (Wildman–Crippen LogP) is -1.54. The van der Waals surface area contributed by atoms with Gasteiger partial charge in [-0.15, -0.1) is 0 Å². The van der Waals surface area contributed by atoms with Crippen LogP contribution in [0, 0.1) is 35.1 Å². The summed E-state index contributed by atoms with van der Waals surface area (Å²) in [4.78, 5) is 40.8. The molecule has 0 aromatic rings. The Kier molecular flexibility index (Phi) is 86.3. The van der Waals surface area contributed by atoms with E-state index in [0.29, 0.717) is 26.2 Å². The average molecular weight is 832 g/mol. The molecule has 4 radical (unpaired) electrons. The van der Waals surface area contributed by atoms with E-state index >= 15 is 0 Å². The van der Waals surface area contributed by atoms with Crippen molar-refractivity contribution in [1.29, 1.82) is 0 Å². The second-order valence-electron chi connectivity index (χ2n) is 5.83. The second kappa shape index (κ2) is 50.9. The van der Waals surface area contributed by atoms with Crippen LogP contribution in [0.1, 0.15) is 0 Å². The maximum atomic E-state index is 10.2. The van der Waals surface area contributed by atoms with Gasteiger partial charge in [0.1, 0.15) is 0 Å². The molecular weight excluding hydrogens is 792 g/mol. The Balaban J connectivity index is -0.000000140. The molecule has 0 fully saturated rings. The van der Waals surface area contributed by atoms with Gasteiger partial charge in [0.15, 0.2) is 0 Å². The monoisotopic (exact) mass is 832 g/mol. The molecule has 0 saturated heterocycles. The van der Waals surface area contributed by atoms with E-state index in [-0.39, 0.29) is 213 Å². The van der Waals surface area contributed by atoms with Crippen LogP contribution in [0.5, 0.6) is 0 Å².